The predicted molar refractivity (Wildman–Crippen MR) is 135 cm³/mol. The van der Waals surface area contributed by atoms with Gasteiger partial charge in [0.25, 0.3) is 0 Å². The SMILES string of the molecule is CC(=N)C(=O)O.CCC(=O)O.CCCCCCCCCCCCCCCCCCCC.[H-].[Na+]. The monoisotopic (exact) mass is 467 g/mol. The molecule has 6 heteroatoms. The van der Waals surface area contributed by atoms with Crippen LogP contribution in [0.15, 0.2) is 0 Å². The number of rotatable bonds is 19. The van der Waals surface area contributed by atoms with Crippen molar-refractivity contribution in [3.05, 3.63) is 0 Å². The fraction of sp³-hybridized carbons (Fsp3) is 0.885. The van der Waals surface area contributed by atoms with Crippen LogP contribution >= 0.6 is 0 Å². The summed E-state index contributed by atoms with van der Waals surface area (Å²) in [6, 6.07) is 0. The molecule has 32 heavy (non-hydrogen) atoms. The first kappa shape index (κ1) is 38.9. The zero-order chi connectivity index (χ0) is 24.2. The van der Waals surface area contributed by atoms with Gasteiger partial charge in [-0.15, -0.1) is 0 Å². The second-order valence-electron chi connectivity index (χ2n) is 8.33. The molecule has 0 aromatic rings. The molecule has 0 aliphatic carbocycles. The molecule has 0 atom stereocenters. The molecule has 5 nitrogen and oxygen atoms in total. The zero-order valence-electron chi connectivity index (χ0n) is 23.1. The second kappa shape index (κ2) is 35.2. The molecule has 0 rings (SSSR count). The van der Waals surface area contributed by atoms with E-state index in [1.807, 2.05) is 0 Å². The first-order chi connectivity index (χ1) is 14.8. The molecule has 0 aromatic heterocycles. The molecule has 0 saturated heterocycles. The summed E-state index contributed by atoms with van der Waals surface area (Å²) in [7, 11) is 0. The Hall–Kier alpha value is -0.390. The van der Waals surface area contributed by atoms with Gasteiger partial charge in [0.15, 0.2) is 0 Å². The van der Waals surface area contributed by atoms with Crippen LogP contribution in [0.2, 0.25) is 0 Å². The van der Waals surface area contributed by atoms with E-state index in [4.69, 9.17) is 15.6 Å². The molecule has 0 amide bonds. The predicted octanol–water partition coefficient (Wildman–Crippen LogP) is 5.76. The van der Waals surface area contributed by atoms with Gasteiger partial charge < -0.3 is 11.6 Å². The molecule has 0 saturated carbocycles. The van der Waals surface area contributed by atoms with E-state index in [0.717, 1.165) is 0 Å². The molecule has 0 aromatic carbocycles. The Balaban J connectivity index is -0.000000167. The fourth-order valence-electron chi connectivity index (χ4n) is 2.97. The van der Waals surface area contributed by atoms with Gasteiger partial charge in [0, 0.05) is 6.42 Å². The Bertz CT molecular complexity index is 380. The first-order valence-electron chi connectivity index (χ1n) is 12.8. The summed E-state index contributed by atoms with van der Waals surface area (Å²) in [6.45, 7) is 7.42. The van der Waals surface area contributed by atoms with Crippen molar-refractivity contribution in [3.63, 3.8) is 0 Å². The molecule has 0 aliphatic heterocycles. The van der Waals surface area contributed by atoms with Crippen LogP contribution in [0, 0.1) is 5.41 Å². The van der Waals surface area contributed by atoms with Crippen molar-refractivity contribution in [2.45, 2.75) is 150 Å². The average Bonchev–Trinajstić information content (AvgIpc) is 2.74. The van der Waals surface area contributed by atoms with Crippen LogP contribution in [0.5, 0.6) is 0 Å². The van der Waals surface area contributed by atoms with Gasteiger partial charge in [0.1, 0.15) is 5.71 Å². The van der Waals surface area contributed by atoms with Gasteiger partial charge in [-0.1, -0.05) is 136 Å². The maximum absolute atomic E-state index is 9.47. The zero-order valence-corrected chi connectivity index (χ0v) is 24.1. The molecular formula is C26H54NNaO4. The molecular weight excluding hydrogens is 413 g/mol. The maximum atomic E-state index is 9.47. The van der Waals surface area contributed by atoms with Crippen LogP contribution in [0.25, 0.3) is 0 Å². The minimum Gasteiger partial charge on any atom is -1.00 e. The second-order valence-corrected chi connectivity index (χ2v) is 8.33. The number of unbranched alkanes of at least 4 members (excludes halogenated alkanes) is 17. The van der Waals surface area contributed by atoms with Crippen molar-refractivity contribution in [1.82, 2.24) is 0 Å². The summed E-state index contributed by atoms with van der Waals surface area (Å²) in [5.41, 5.74) is -0.324. The molecule has 0 heterocycles. The third-order valence-corrected chi connectivity index (χ3v) is 5.08. The van der Waals surface area contributed by atoms with Gasteiger partial charge in [-0.25, -0.2) is 4.79 Å². The van der Waals surface area contributed by atoms with E-state index in [9.17, 15) is 9.59 Å². The minimum absolute atomic E-state index is 0. The van der Waals surface area contributed by atoms with Gasteiger partial charge in [-0.3, -0.25) is 10.2 Å². The number of carboxylic acids is 2. The van der Waals surface area contributed by atoms with Gasteiger partial charge in [-0.2, -0.15) is 0 Å². The summed E-state index contributed by atoms with van der Waals surface area (Å²) in [5, 5.41) is 21.8. The van der Waals surface area contributed by atoms with Crippen molar-refractivity contribution >= 4 is 17.7 Å². The van der Waals surface area contributed by atoms with Crippen LogP contribution in [0.1, 0.15) is 151 Å². The molecule has 3 N–H and O–H groups in total. The van der Waals surface area contributed by atoms with Crippen molar-refractivity contribution in [2.75, 3.05) is 0 Å². The molecule has 0 radical (unpaired) electrons. The van der Waals surface area contributed by atoms with E-state index in [0.29, 0.717) is 0 Å². The van der Waals surface area contributed by atoms with Crippen LogP contribution in [0.4, 0.5) is 0 Å². The van der Waals surface area contributed by atoms with Gasteiger partial charge >= 0.3 is 41.5 Å². The van der Waals surface area contributed by atoms with Crippen LogP contribution in [0.3, 0.4) is 0 Å². The normalized spacial score (nSPS) is 9.50. The molecule has 0 aliphatic rings. The molecule has 0 bridgehead atoms. The average molecular weight is 468 g/mol. The van der Waals surface area contributed by atoms with E-state index in [1.165, 1.54) is 122 Å². The summed E-state index contributed by atoms with van der Waals surface area (Å²) in [4.78, 5) is 18.8. The Morgan fingerprint density at radius 3 is 0.844 bits per heavy atom. The Labute approximate surface area is 222 Å². The number of nitrogens with one attached hydrogen (secondary N) is 1. The molecule has 0 spiro atoms. The molecule has 0 fully saturated rings. The van der Waals surface area contributed by atoms with Crippen LogP contribution in [-0.2, 0) is 9.59 Å². The van der Waals surface area contributed by atoms with Crippen molar-refractivity contribution in [3.8, 4) is 0 Å². The summed E-state index contributed by atoms with van der Waals surface area (Å²) in [5.74, 6) is -1.90. The number of carboxylic acid groups (broad SMARTS) is 2. The topological polar surface area (TPSA) is 98.5 Å². The first-order valence-corrected chi connectivity index (χ1v) is 12.8. The van der Waals surface area contributed by atoms with Crippen LogP contribution in [-0.4, -0.2) is 27.9 Å². The van der Waals surface area contributed by atoms with Gasteiger partial charge in [0.2, 0.25) is 0 Å². The summed E-state index contributed by atoms with van der Waals surface area (Å²) < 4.78 is 0. The van der Waals surface area contributed by atoms with Crippen LogP contribution < -0.4 is 29.6 Å². The minimum atomic E-state index is -1.16. The Kier molecular flexibility index (Phi) is 42.7. The van der Waals surface area contributed by atoms with E-state index in [-0.39, 0.29) is 43.1 Å². The smallest absolute Gasteiger partial charge is 1.00 e. The van der Waals surface area contributed by atoms with E-state index < -0.39 is 11.9 Å². The number of carbonyl (C=O) groups is 2. The Morgan fingerprint density at radius 1 is 0.594 bits per heavy atom. The quantitative estimate of drug-likeness (QED) is 0.128. The number of hydrogen-bond donors (Lipinski definition) is 3. The number of hydrogen-bond acceptors (Lipinski definition) is 3. The van der Waals surface area contributed by atoms with E-state index in [2.05, 4.69) is 13.8 Å². The van der Waals surface area contributed by atoms with Crippen molar-refractivity contribution in [2.24, 2.45) is 0 Å². The third-order valence-electron chi connectivity index (χ3n) is 5.08. The molecule has 0 unspecified atom stereocenters. The van der Waals surface area contributed by atoms with E-state index in [1.54, 1.807) is 6.92 Å². The van der Waals surface area contributed by atoms with Crippen molar-refractivity contribution in [1.29, 1.82) is 5.41 Å². The van der Waals surface area contributed by atoms with Gasteiger partial charge in [0.05, 0.1) is 0 Å². The third kappa shape index (κ3) is 47.4. The largest absolute Gasteiger partial charge is 1.00 e. The maximum Gasteiger partial charge on any atom is 1.00 e. The summed E-state index contributed by atoms with van der Waals surface area (Å²) in [6.07, 6.45) is 26.6. The van der Waals surface area contributed by atoms with E-state index >= 15 is 0 Å². The van der Waals surface area contributed by atoms with Crippen molar-refractivity contribution < 1.29 is 50.8 Å². The molecule has 188 valence electrons. The fourth-order valence-corrected chi connectivity index (χ4v) is 2.97. The Morgan fingerprint density at radius 2 is 0.750 bits per heavy atom. The number of aliphatic carboxylic acids is 2. The van der Waals surface area contributed by atoms with Gasteiger partial charge in [-0.05, 0) is 6.92 Å². The summed E-state index contributed by atoms with van der Waals surface area (Å²) >= 11 is 0. The standard InChI is InChI=1S/C20H42.C3H5NO2.C3H6O2.Na.H/c1-3-5-7-9-11-13-15-17-19-20-18-16-14-12-10-8-6-4-2;1-2(4)3(5)6;1-2-3(4)5;;/h3-20H2,1-2H3;4H,1H3,(H,5,6);2H2,1H3,(H,4,5);;/q;;;+1;-1.